The fourth-order valence-corrected chi connectivity index (χ4v) is 2.77. The van der Waals surface area contributed by atoms with E-state index < -0.39 is 0 Å². The molecule has 0 amide bonds. The second-order valence-electron chi connectivity index (χ2n) is 5.00. The molecule has 0 aliphatic carbocycles. The van der Waals surface area contributed by atoms with Crippen LogP contribution >= 0.6 is 15.9 Å². The highest BCUT2D eigenvalue weighted by Crippen LogP contribution is 2.39. The van der Waals surface area contributed by atoms with Gasteiger partial charge in [-0.05, 0) is 30.2 Å². The van der Waals surface area contributed by atoms with Crippen LogP contribution in [-0.2, 0) is 0 Å². The molecule has 0 bridgehead atoms. The minimum atomic E-state index is 0.0386. The van der Waals surface area contributed by atoms with Gasteiger partial charge >= 0.3 is 0 Å². The third kappa shape index (κ3) is 2.40. The van der Waals surface area contributed by atoms with Crippen LogP contribution in [0.3, 0.4) is 0 Å². The summed E-state index contributed by atoms with van der Waals surface area (Å²) in [7, 11) is 0. The molecule has 2 aromatic rings. The molecule has 2 unspecified atom stereocenters. The van der Waals surface area contributed by atoms with Crippen molar-refractivity contribution < 1.29 is 4.74 Å². The van der Waals surface area contributed by atoms with E-state index >= 15 is 0 Å². The van der Waals surface area contributed by atoms with Crippen LogP contribution in [0.25, 0.3) is 0 Å². The van der Waals surface area contributed by atoms with Gasteiger partial charge in [-0.3, -0.25) is 0 Å². The first-order chi connectivity index (χ1) is 9.15. The minimum Gasteiger partial charge on any atom is -0.485 e. The average molecular weight is 318 g/mol. The molecule has 98 valence electrons. The number of ether oxygens (including phenoxy) is 1. The first kappa shape index (κ1) is 12.7. The van der Waals surface area contributed by atoms with Crippen LogP contribution in [0.2, 0.25) is 0 Å². The van der Waals surface area contributed by atoms with E-state index in [1.165, 1.54) is 11.1 Å². The van der Waals surface area contributed by atoms with Crippen molar-refractivity contribution in [3.8, 4) is 5.75 Å². The van der Waals surface area contributed by atoms with E-state index in [2.05, 4.69) is 41.1 Å². The lowest BCUT2D eigenvalue weighted by atomic mass is 9.93. The summed E-state index contributed by atoms with van der Waals surface area (Å²) < 4.78 is 7.21. The van der Waals surface area contributed by atoms with Gasteiger partial charge in [0, 0.05) is 22.5 Å². The van der Waals surface area contributed by atoms with E-state index in [0.29, 0.717) is 0 Å². The maximum atomic E-state index is 6.25. The van der Waals surface area contributed by atoms with Crippen LogP contribution in [0, 0.1) is 6.92 Å². The topological polar surface area (TPSA) is 35.2 Å². The standard InChI is InChI=1S/C16H16BrNO/c1-10-8-11(6-7-13(10)17)16-9-14(18)12-4-2-3-5-15(12)19-16/h2-8,14,16H,9,18H2,1H3. The van der Waals surface area contributed by atoms with Gasteiger partial charge in [0.25, 0.3) is 0 Å². The Kier molecular flexibility index (Phi) is 3.33. The van der Waals surface area contributed by atoms with Crippen molar-refractivity contribution >= 4 is 15.9 Å². The molecule has 0 radical (unpaired) electrons. The zero-order valence-electron chi connectivity index (χ0n) is 10.8. The number of para-hydroxylation sites is 1. The van der Waals surface area contributed by atoms with Crippen LogP contribution in [0.1, 0.15) is 35.3 Å². The maximum Gasteiger partial charge on any atom is 0.126 e. The molecule has 0 fully saturated rings. The fraction of sp³-hybridized carbons (Fsp3) is 0.250. The summed E-state index contributed by atoms with van der Waals surface area (Å²) in [4.78, 5) is 0. The largest absolute Gasteiger partial charge is 0.485 e. The molecule has 1 aliphatic heterocycles. The number of hydrogen-bond donors (Lipinski definition) is 1. The highest BCUT2D eigenvalue weighted by atomic mass is 79.9. The van der Waals surface area contributed by atoms with E-state index in [4.69, 9.17) is 10.5 Å². The van der Waals surface area contributed by atoms with Gasteiger partial charge < -0.3 is 10.5 Å². The molecule has 19 heavy (non-hydrogen) atoms. The lowest BCUT2D eigenvalue weighted by molar-refractivity contribution is 0.161. The molecule has 2 N–H and O–H groups in total. The lowest BCUT2D eigenvalue weighted by Crippen LogP contribution is -2.24. The Hall–Kier alpha value is -1.32. The second kappa shape index (κ2) is 4.99. The Labute approximate surface area is 121 Å². The zero-order valence-corrected chi connectivity index (χ0v) is 12.4. The molecule has 3 rings (SSSR count). The van der Waals surface area contributed by atoms with E-state index in [9.17, 15) is 0 Å². The van der Waals surface area contributed by atoms with Gasteiger partial charge in [0.1, 0.15) is 11.9 Å². The van der Waals surface area contributed by atoms with Crippen LogP contribution in [0.4, 0.5) is 0 Å². The van der Waals surface area contributed by atoms with Crippen LogP contribution in [-0.4, -0.2) is 0 Å². The average Bonchev–Trinajstić information content (AvgIpc) is 2.42. The molecule has 0 aromatic heterocycles. The third-order valence-corrected chi connectivity index (χ3v) is 4.50. The first-order valence-electron chi connectivity index (χ1n) is 6.42. The van der Waals surface area contributed by atoms with Gasteiger partial charge in [-0.1, -0.05) is 46.3 Å². The molecule has 3 heteroatoms. The molecule has 2 aromatic carbocycles. The van der Waals surface area contributed by atoms with E-state index in [1.54, 1.807) is 0 Å². The van der Waals surface area contributed by atoms with Crippen molar-refractivity contribution in [1.29, 1.82) is 0 Å². The quantitative estimate of drug-likeness (QED) is 0.852. The van der Waals surface area contributed by atoms with Gasteiger partial charge in [-0.15, -0.1) is 0 Å². The molecular formula is C16H16BrNO. The Morgan fingerprint density at radius 1 is 1.21 bits per heavy atom. The van der Waals surface area contributed by atoms with Crippen molar-refractivity contribution in [3.63, 3.8) is 0 Å². The normalized spacial score (nSPS) is 21.6. The maximum absolute atomic E-state index is 6.25. The summed E-state index contributed by atoms with van der Waals surface area (Å²) in [6.45, 7) is 2.09. The number of benzene rings is 2. The van der Waals surface area contributed by atoms with Crippen molar-refractivity contribution in [2.75, 3.05) is 0 Å². The van der Waals surface area contributed by atoms with Gasteiger partial charge in [0.2, 0.25) is 0 Å². The summed E-state index contributed by atoms with van der Waals surface area (Å²) in [6.07, 6.45) is 0.856. The van der Waals surface area contributed by atoms with E-state index in [1.807, 2.05) is 24.3 Å². The SMILES string of the molecule is Cc1cc(C2CC(N)c3ccccc3O2)ccc1Br. The predicted octanol–water partition coefficient (Wildman–Crippen LogP) is 4.28. The van der Waals surface area contributed by atoms with Crippen molar-refractivity contribution in [1.82, 2.24) is 0 Å². The molecular weight excluding hydrogens is 302 g/mol. The summed E-state index contributed by atoms with van der Waals surface area (Å²) in [5.41, 5.74) is 9.76. The number of fused-ring (bicyclic) bond motifs is 1. The van der Waals surface area contributed by atoms with Crippen LogP contribution < -0.4 is 10.5 Å². The smallest absolute Gasteiger partial charge is 0.126 e. The van der Waals surface area contributed by atoms with Crippen LogP contribution in [0.5, 0.6) is 5.75 Å². The van der Waals surface area contributed by atoms with Crippen molar-refractivity contribution in [2.24, 2.45) is 5.73 Å². The molecule has 1 aliphatic rings. The predicted molar refractivity (Wildman–Crippen MR) is 80.2 cm³/mol. The summed E-state index contributed by atoms with van der Waals surface area (Å²) in [5.74, 6) is 0.909. The molecule has 2 nitrogen and oxygen atoms in total. The Morgan fingerprint density at radius 3 is 2.79 bits per heavy atom. The Balaban J connectivity index is 1.94. The first-order valence-corrected chi connectivity index (χ1v) is 7.21. The van der Waals surface area contributed by atoms with Gasteiger partial charge in [0.15, 0.2) is 0 Å². The highest BCUT2D eigenvalue weighted by molar-refractivity contribution is 9.10. The van der Waals surface area contributed by atoms with Crippen LogP contribution in [0.15, 0.2) is 46.9 Å². The highest BCUT2D eigenvalue weighted by Gasteiger charge is 2.26. The minimum absolute atomic E-state index is 0.0386. The molecule has 0 saturated heterocycles. The summed E-state index contributed by atoms with van der Waals surface area (Å²) in [5, 5.41) is 0. The molecule has 0 spiro atoms. The summed E-state index contributed by atoms with van der Waals surface area (Å²) >= 11 is 3.53. The van der Waals surface area contributed by atoms with Gasteiger partial charge in [-0.2, -0.15) is 0 Å². The monoisotopic (exact) mass is 317 g/mol. The van der Waals surface area contributed by atoms with E-state index in [-0.39, 0.29) is 12.1 Å². The lowest BCUT2D eigenvalue weighted by Gasteiger charge is -2.30. The summed E-state index contributed by atoms with van der Waals surface area (Å²) in [6, 6.07) is 14.4. The molecule has 0 saturated carbocycles. The van der Waals surface area contributed by atoms with Gasteiger partial charge in [-0.25, -0.2) is 0 Å². The van der Waals surface area contributed by atoms with Gasteiger partial charge in [0.05, 0.1) is 0 Å². The second-order valence-corrected chi connectivity index (χ2v) is 5.85. The fourth-order valence-electron chi connectivity index (χ4n) is 2.53. The van der Waals surface area contributed by atoms with E-state index in [0.717, 1.165) is 22.2 Å². The Morgan fingerprint density at radius 2 is 2.00 bits per heavy atom. The molecule has 2 atom stereocenters. The number of hydrogen-bond acceptors (Lipinski definition) is 2. The van der Waals surface area contributed by atoms with Crippen molar-refractivity contribution in [2.45, 2.75) is 25.5 Å². The number of halogens is 1. The van der Waals surface area contributed by atoms with Crippen molar-refractivity contribution in [3.05, 3.63) is 63.6 Å². The number of rotatable bonds is 1. The molecule has 1 heterocycles. The number of aryl methyl sites for hydroxylation is 1. The number of nitrogens with two attached hydrogens (primary N) is 1. The Bertz CT molecular complexity index is 611. The zero-order chi connectivity index (χ0) is 13.4. The third-order valence-electron chi connectivity index (χ3n) is 3.61.